The first kappa shape index (κ1) is 73.9. The van der Waals surface area contributed by atoms with Crippen molar-refractivity contribution in [2.75, 3.05) is 41.8 Å². The van der Waals surface area contributed by atoms with Crippen molar-refractivity contribution in [3.05, 3.63) is 72.3 Å². The molecule has 2 rings (SSSR count). The number of carbonyl (C=O) groups excluding carboxylic acids is 1. The topological polar surface area (TPSA) is 158 Å². The molecule has 0 bridgehead atoms. The number of Topliss-reactive ketones (excluding diaryl/α,β-unsaturated/α-hetero) is 1. The van der Waals surface area contributed by atoms with Crippen LogP contribution in [0.3, 0.4) is 0 Å². The summed E-state index contributed by atoms with van der Waals surface area (Å²) in [6.45, 7) is 39.2. The standard InChI is InChI=1S/C63H114O13Si4/c1-23-48(45-73-80(62(12,13)14,51-36-32-30-33-37-51)52-38-34-31-35-39-52)40-47(8)53(64)41-49(69-18)44-56(75-77(21,22)61(9,10)11)63(15,16)59(65)57(76-79(27-5,28-6)29-7)54(70-19)42-50(74-78(24-2,25-3)26-4)43-55(71-20)58(60(66)67)72-46-68-17/h30-40,48-50,53-58,64H,23-29,41-46H2,1-22H3,(H,66,67)/b47-40+/t48?,49-,50-,53+,54-,55-,56+,57-,58+/m1/s1. The Labute approximate surface area is 490 Å². The third-order valence-electron chi connectivity index (χ3n) is 18.3. The Morgan fingerprint density at radius 2 is 1.06 bits per heavy atom. The second kappa shape index (κ2) is 33.5. The van der Waals surface area contributed by atoms with Crippen LogP contribution in [-0.2, 0) is 51.0 Å². The molecular weight excluding hydrogens is 1080 g/mol. The zero-order valence-electron chi connectivity index (χ0n) is 54.1. The molecular formula is C63H114O13Si4. The zero-order chi connectivity index (χ0) is 60.9. The summed E-state index contributed by atoms with van der Waals surface area (Å²) in [5, 5.41) is 24.6. The Bertz CT molecular complexity index is 2050. The zero-order valence-corrected chi connectivity index (χ0v) is 58.1. The number of carbonyl (C=O) groups is 2. The SMILES string of the molecule is CCC(/C=C(\C)[C@@H](O)C[C@H](C[C@H](O[Si](C)(C)C(C)(C)C)C(C)(C)C(=O)[C@H](O[Si](CC)(CC)CC)[C@@H](C[C@H](C[C@@H](OC)[C@H](OCOC)C(=O)O)O[Si](CC)(CC)CC)OC)OC)CO[Si](c1ccccc1)(c1ccccc1)C(C)(C)C. The van der Waals surface area contributed by atoms with E-state index < -0.39 is 93.5 Å². The molecule has 0 saturated heterocycles. The second-order valence-corrected chi connectivity index (χ2v) is 44.0. The van der Waals surface area contributed by atoms with Crippen LogP contribution in [0.2, 0.25) is 59.4 Å². The summed E-state index contributed by atoms with van der Waals surface area (Å²) in [5.41, 5.74) is -0.320. The van der Waals surface area contributed by atoms with E-state index in [1.165, 1.54) is 24.6 Å². The highest BCUT2D eigenvalue weighted by molar-refractivity contribution is 6.99. The van der Waals surface area contributed by atoms with Gasteiger partial charge in [0.25, 0.3) is 8.32 Å². The fraction of sp³-hybridized carbons (Fsp3) is 0.746. The first-order valence-electron chi connectivity index (χ1n) is 30.0. The molecule has 9 atom stereocenters. The lowest BCUT2D eigenvalue weighted by molar-refractivity contribution is -0.175. The normalized spacial score (nSPS) is 17.1. The van der Waals surface area contributed by atoms with Gasteiger partial charge in [-0.1, -0.05) is 171 Å². The number of aliphatic carboxylic acids is 1. The van der Waals surface area contributed by atoms with Crippen LogP contribution in [0.15, 0.2) is 72.3 Å². The molecule has 17 heteroatoms. The van der Waals surface area contributed by atoms with Gasteiger partial charge in [-0.25, -0.2) is 4.79 Å². The summed E-state index contributed by atoms with van der Waals surface area (Å²) < 4.78 is 59.1. The van der Waals surface area contributed by atoms with Gasteiger partial charge in [0, 0.05) is 54.3 Å². The van der Waals surface area contributed by atoms with Crippen molar-refractivity contribution in [1.82, 2.24) is 0 Å². The molecule has 0 amide bonds. The molecule has 2 aromatic carbocycles. The molecule has 0 saturated carbocycles. The van der Waals surface area contributed by atoms with E-state index >= 15 is 4.79 Å². The van der Waals surface area contributed by atoms with Gasteiger partial charge in [-0.3, -0.25) is 4.79 Å². The van der Waals surface area contributed by atoms with Gasteiger partial charge in [0.05, 0.1) is 42.0 Å². The average molecular weight is 1190 g/mol. The number of carboxylic acid groups (broad SMARTS) is 1. The van der Waals surface area contributed by atoms with E-state index in [4.69, 9.17) is 41.4 Å². The van der Waals surface area contributed by atoms with Crippen molar-refractivity contribution in [2.24, 2.45) is 11.3 Å². The molecule has 0 radical (unpaired) electrons. The van der Waals surface area contributed by atoms with Crippen LogP contribution < -0.4 is 10.4 Å². The third kappa shape index (κ3) is 19.7. The molecule has 1 unspecified atom stereocenters. The van der Waals surface area contributed by atoms with Crippen LogP contribution in [-0.4, -0.2) is 146 Å². The molecule has 0 spiro atoms. The Hall–Kier alpha value is -2.21. The fourth-order valence-electron chi connectivity index (χ4n) is 11.1. The van der Waals surface area contributed by atoms with Crippen molar-refractivity contribution in [2.45, 2.75) is 251 Å². The Kier molecular flexibility index (Phi) is 30.9. The van der Waals surface area contributed by atoms with E-state index in [1.54, 1.807) is 14.2 Å². The molecule has 0 aliphatic heterocycles. The molecule has 0 aliphatic rings. The molecule has 0 heterocycles. The molecule has 80 heavy (non-hydrogen) atoms. The number of carboxylic acids is 1. The molecule has 13 nitrogen and oxygen atoms in total. The van der Waals surface area contributed by atoms with Gasteiger partial charge < -0.3 is 51.6 Å². The number of rotatable bonds is 40. The van der Waals surface area contributed by atoms with Crippen molar-refractivity contribution in [3.63, 3.8) is 0 Å². The lowest BCUT2D eigenvalue weighted by atomic mass is 9.76. The largest absolute Gasteiger partial charge is 0.479 e. The van der Waals surface area contributed by atoms with Gasteiger partial charge in [-0.05, 0) is 101 Å². The summed E-state index contributed by atoms with van der Waals surface area (Å²) in [5.74, 6) is -1.28. The van der Waals surface area contributed by atoms with Crippen LogP contribution in [0.5, 0.6) is 0 Å². The molecule has 460 valence electrons. The number of aliphatic hydroxyl groups excluding tert-OH is 1. The van der Waals surface area contributed by atoms with Gasteiger partial charge in [0.15, 0.2) is 36.8 Å². The maximum Gasteiger partial charge on any atom is 0.335 e. The number of methoxy groups -OCH3 is 4. The molecule has 0 aliphatic carbocycles. The van der Waals surface area contributed by atoms with Crippen molar-refractivity contribution < 1.29 is 61.2 Å². The predicted octanol–water partition coefficient (Wildman–Crippen LogP) is 13.3. The number of ketones is 1. The van der Waals surface area contributed by atoms with Gasteiger partial charge in [0.2, 0.25) is 0 Å². The maximum atomic E-state index is 16.2. The van der Waals surface area contributed by atoms with Crippen LogP contribution >= 0.6 is 0 Å². The lowest BCUT2D eigenvalue weighted by Gasteiger charge is -2.47. The summed E-state index contributed by atoms with van der Waals surface area (Å²) in [6, 6.07) is 26.3. The summed E-state index contributed by atoms with van der Waals surface area (Å²) in [7, 11) is -4.07. The van der Waals surface area contributed by atoms with Crippen LogP contribution in [0.25, 0.3) is 0 Å². The number of aliphatic hydroxyl groups is 1. The quantitative estimate of drug-likeness (QED) is 0.0369. The minimum Gasteiger partial charge on any atom is -0.479 e. The van der Waals surface area contributed by atoms with Crippen LogP contribution in [0, 0.1) is 11.3 Å². The van der Waals surface area contributed by atoms with Gasteiger partial charge in [0.1, 0.15) is 12.9 Å². The fourth-order valence-corrected chi connectivity index (χ4v) is 22.8. The monoisotopic (exact) mass is 1190 g/mol. The number of ether oxygens (including phenoxy) is 5. The number of hydrogen-bond acceptors (Lipinski definition) is 12. The minimum absolute atomic E-state index is 0.0341. The van der Waals surface area contributed by atoms with Crippen molar-refractivity contribution >= 4 is 55.4 Å². The van der Waals surface area contributed by atoms with E-state index in [0.717, 1.165) is 48.3 Å². The number of benzene rings is 2. The first-order valence-corrected chi connectivity index (χ1v) is 39.9. The molecule has 0 aromatic heterocycles. The Morgan fingerprint density at radius 1 is 0.600 bits per heavy atom. The minimum atomic E-state index is -2.80. The second-order valence-electron chi connectivity index (χ2n) is 25.5. The molecule has 0 fully saturated rings. The Balaban J connectivity index is 2.77. The van der Waals surface area contributed by atoms with Crippen molar-refractivity contribution in [1.29, 1.82) is 0 Å². The highest BCUT2D eigenvalue weighted by Crippen LogP contribution is 2.44. The van der Waals surface area contributed by atoms with Crippen molar-refractivity contribution in [3.8, 4) is 0 Å². The first-order chi connectivity index (χ1) is 37.4. The summed E-state index contributed by atoms with van der Waals surface area (Å²) >= 11 is 0. The predicted molar refractivity (Wildman–Crippen MR) is 337 cm³/mol. The van der Waals surface area contributed by atoms with E-state index in [0.29, 0.717) is 13.0 Å². The van der Waals surface area contributed by atoms with Gasteiger partial charge >= 0.3 is 5.97 Å². The number of hydrogen-bond donors (Lipinski definition) is 2. The van der Waals surface area contributed by atoms with E-state index in [1.807, 2.05) is 20.8 Å². The smallest absolute Gasteiger partial charge is 0.335 e. The van der Waals surface area contributed by atoms with Crippen LogP contribution in [0.4, 0.5) is 0 Å². The van der Waals surface area contributed by atoms with E-state index in [2.05, 4.69) is 170 Å². The highest BCUT2D eigenvalue weighted by Gasteiger charge is 2.53. The summed E-state index contributed by atoms with van der Waals surface area (Å²) in [4.78, 5) is 28.9. The van der Waals surface area contributed by atoms with Gasteiger partial charge in [-0.15, -0.1) is 0 Å². The third-order valence-corrected chi connectivity index (χ3v) is 37.1. The maximum absolute atomic E-state index is 16.2. The van der Waals surface area contributed by atoms with Crippen LogP contribution in [0.1, 0.15) is 143 Å². The van der Waals surface area contributed by atoms with E-state index in [9.17, 15) is 15.0 Å². The van der Waals surface area contributed by atoms with Gasteiger partial charge in [-0.2, -0.15) is 0 Å². The molecule has 2 aromatic rings. The highest BCUT2D eigenvalue weighted by atomic mass is 28.4. The van der Waals surface area contributed by atoms with E-state index in [-0.39, 0.29) is 47.8 Å². The molecule has 2 N–H and O–H groups in total. The lowest BCUT2D eigenvalue weighted by Crippen LogP contribution is -2.66. The Morgan fingerprint density at radius 3 is 1.45 bits per heavy atom. The summed E-state index contributed by atoms with van der Waals surface area (Å²) in [6.07, 6.45) is -2.55. The average Bonchev–Trinajstić information content (AvgIpc) is 3.48.